The van der Waals surface area contributed by atoms with Gasteiger partial charge in [0, 0.05) is 10.6 Å². The molecule has 8 nitrogen and oxygen atoms in total. The fraction of sp³-hybridized carbons (Fsp3) is 0.286. The fourth-order valence-corrected chi connectivity index (χ4v) is 5.30. The van der Waals surface area contributed by atoms with Crippen molar-refractivity contribution in [1.29, 1.82) is 0 Å². The number of hydrogen-bond donors (Lipinski definition) is 1. The number of anilines is 1. The minimum absolute atomic E-state index is 0.0931. The molecular weight excluding hydrogens is 528 g/mol. The summed E-state index contributed by atoms with van der Waals surface area (Å²) in [5, 5.41) is 12.0. The normalized spacial score (nSPS) is 16.7. The van der Waals surface area contributed by atoms with Gasteiger partial charge in [-0.2, -0.15) is 0 Å². The van der Waals surface area contributed by atoms with Crippen molar-refractivity contribution >= 4 is 51.5 Å². The van der Waals surface area contributed by atoms with Crippen LogP contribution in [0.4, 0.5) is 5.13 Å². The van der Waals surface area contributed by atoms with Crippen molar-refractivity contribution in [3.63, 3.8) is 0 Å². The van der Waals surface area contributed by atoms with Crippen molar-refractivity contribution in [2.75, 3.05) is 18.1 Å². The Hall–Kier alpha value is -3.69. The molecule has 0 radical (unpaired) electrons. The molecule has 1 aliphatic rings. The summed E-state index contributed by atoms with van der Waals surface area (Å²) in [5.41, 5.74) is 1.96. The maximum atomic E-state index is 13.4. The van der Waals surface area contributed by atoms with Crippen molar-refractivity contribution in [3.05, 3.63) is 80.3 Å². The number of aromatic nitrogens is 1. The lowest BCUT2D eigenvalue weighted by atomic mass is 9.95. The number of carbonyl (C=O) groups excluding carboxylic acids is 3. The van der Waals surface area contributed by atoms with Crippen LogP contribution in [0, 0.1) is 13.8 Å². The number of carbonyl (C=O) groups is 3. The third-order valence-electron chi connectivity index (χ3n) is 5.99. The first-order valence-corrected chi connectivity index (χ1v) is 13.3. The maximum absolute atomic E-state index is 13.4. The van der Waals surface area contributed by atoms with E-state index >= 15 is 0 Å². The summed E-state index contributed by atoms with van der Waals surface area (Å²) in [6.07, 6.45) is 0.847. The maximum Gasteiger partial charge on any atom is 0.350 e. The molecule has 1 fully saturated rings. The molecule has 10 heteroatoms. The van der Waals surface area contributed by atoms with Gasteiger partial charge in [-0.3, -0.25) is 14.5 Å². The number of aliphatic hydroxyl groups excluding tert-OH is 1. The lowest BCUT2D eigenvalue weighted by molar-refractivity contribution is -0.132. The van der Waals surface area contributed by atoms with Gasteiger partial charge >= 0.3 is 11.9 Å². The molecule has 0 unspecified atom stereocenters. The number of esters is 1. The summed E-state index contributed by atoms with van der Waals surface area (Å²) >= 11 is 7.05. The molecule has 4 rings (SSSR count). The SMILES string of the molecule is CCCOc1ccc(C(O)=C2C(=O)C(=O)N(c3nc(C)c(C(=O)OCC)s3)[C@H]2c2ccc(Cl)cc2)cc1C. The topological polar surface area (TPSA) is 106 Å². The third-order valence-corrected chi connectivity index (χ3v) is 7.38. The van der Waals surface area contributed by atoms with Crippen molar-refractivity contribution in [1.82, 2.24) is 4.98 Å². The van der Waals surface area contributed by atoms with Crippen molar-refractivity contribution < 1.29 is 29.0 Å². The summed E-state index contributed by atoms with van der Waals surface area (Å²) < 4.78 is 10.8. The van der Waals surface area contributed by atoms with Crippen molar-refractivity contribution in [2.24, 2.45) is 0 Å². The number of thiazole rings is 1. The van der Waals surface area contributed by atoms with Crippen LogP contribution < -0.4 is 9.64 Å². The summed E-state index contributed by atoms with van der Waals surface area (Å²) in [7, 11) is 0. The summed E-state index contributed by atoms with van der Waals surface area (Å²) in [4.78, 5) is 45.1. The Kier molecular flexibility index (Phi) is 8.18. The minimum atomic E-state index is -0.996. The van der Waals surface area contributed by atoms with Crippen LogP contribution in [0.1, 0.15) is 58.4 Å². The molecular formula is C28H27ClN2O6S. The first kappa shape index (κ1) is 27.3. The van der Waals surface area contributed by atoms with Crippen LogP contribution in [-0.4, -0.2) is 41.0 Å². The van der Waals surface area contributed by atoms with Crippen LogP contribution in [-0.2, 0) is 14.3 Å². The Morgan fingerprint density at radius 1 is 1.13 bits per heavy atom. The first-order chi connectivity index (χ1) is 18.2. The number of ether oxygens (including phenoxy) is 2. The van der Waals surface area contributed by atoms with E-state index in [2.05, 4.69) is 4.98 Å². The Morgan fingerprint density at radius 2 is 1.84 bits per heavy atom. The van der Waals surface area contributed by atoms with Crippen LogP contribution in [0.5, 0.6) is 5.75 Å². The Labute approximate surface area is 229 Å². The summed E-state index contributed by atoms with van der Waals surface area (Å²) in [6, 6.07) is 10.7. The molecule has 198 valence electrons. The number of benzene rings is 2. The molecule has 0 saturated carbocycles. The van der Waals surface area contributed by atoms with Gasteiger partial charge in [0.1, 0.15) is 16.4 Å². The number of nitrogens with zero attached hydrogens (tertiary/aromatic N) is 2. The highest BCUT2D eigenvalue weighted by atomic mass is 35.5. The van der Waals surface area contributed by atoms with E-state index in [9.17, 15) is 19.5 Å². The van der Waals surface area contributed by atoms with E-state index in [1.165, 1.54) is 4.90 Å². The molecule has 1 atom stereocenters. The Morgan fingerprint density at radius 3 is 2.47 bits per heavy atom. The average Bonchev–Trinajstić information content (AvgIpc) is 3.40. The molecule has 1 aromatic heterocycles. The molecule has 1 saturated heterocycles. The van der Waals surface area contributed by atoms with E-state index in [0.29, 0.717) is 34.2 Å². The number of hydrogen-bond acceptors (Lipinski definition) is 8. The predicted octanol–water partition coefficient (Wildman–Crippen LogP) is 6.01. The second kappa shape index (κ2) is 11.4. The van der Waals surface area contributed by atoms with Gasteiger partial charge in [-0.05, 0) is 68.7 Å². The second-order valence-corrected chi connectivity index (χ2v) is 10.1. The minimum Gasteiger partial charge on any atom is -0.507 e. The van der Waals surface area contributed by atoms with Gasteiger partial charge in [0.25, 0.3) is 5.78 Å². The van der Waals surface area contributed by atoms with Gasteiger partial charge in [0.15, 0.2) is 5.13 Å². The molecule has 2 aromatic carbocycles. The molecule has 1 N–H and O–H groups in total. The quantitative estimate of drug-likeness (QED) is 0.157. The van der Waals surface area contributed by atoms with E-state index in [0.717, 1.165) is 23.3 Å². The molecule has 0 bridgehead atoms. The molecule has 0 aliphatic carbocycles. The van der Waals surface area contributed by atoms with Crippen LogP contribution in [0.15, 0.2) is 48.0 Å². The number of rotatable bonds is 8. The number of Topliss-reactive ketones (excluding diaryl/α,β-unsaturated/α-hetero) is 1. The third kappa shape index (κ3) is 5.16. The number of amides is 1. The number of aliphatic hydroxyl groups is 1. The zero-order valence-corrected chi connectivity index (χ0v) is 23.0. The zero-order chi connectivity index (χ0) is 27.6. The average molecular weight is 555 g/mol. The molecule has 1 amide bonds. The predicted molar refractivity (Wildman–Crippen MR) is 146 cm³/mol. The van der Waals surface area contributed by atoms with Gasteiger partial charge < -0.3 is 14.6 Å². The first-order valence-electron chi connectivity index (χ1n) is 12.1. The van der Waals surface area contributed by atoms with E-state index in [-0.39, 0.29) is 27.9 Å². The lowest BCUT2D eigenvalue weighted by Gasteiger charge is -2.23. The second-order valence-electron chi connectivity index (χ2n) is 8.68. The van der Waals surface area contributed by atoms with Gasteiger partial charge in [-0.15, -0.1) is 0 Å². The van der Waals surface area contributed by atoms with Crippen molar-refractivity contribution in [3.8, 4) is 5.75 Å². The van der Waals surface area contributed by atoms with Crippen LogP contribution >= 0.6 is 22.9 Å². The standard InChI is InChI=1S/C28H27ClN2O6S/c1-5-13-37-20-12-9-18(14-15(20)3)23(32)21-22(17-7-10-19(29)11-8-17)31(26(34)24(21)33)28-30-16(4)25(38-28)27(35)36-6-2/h7-12,14,22,32H,5-6,13H2,1-4H3/t22-/m0/s1. The molecule has 1 aliphatic heterocycles. The van der Waals surface area contributed by atoms with Gasteiger partial charge in [-0.25, -0.2) is 9.78 Å². The van der Waals surface area contributed by atoms with Gasteiger partial charge in [0.05, 0.1) is 30.5 Å². The number of ketones is 1. The highest BCUT2D eigenvalue weighted by Crippen LogP contribution is 2.44. The van der Waals surface area contributed by atoms with E-state index in [1.54, 1.807) is 56.3 Å². The smallest absolute Gasteiger partial charge is 0.350 e. The molecule has 2 heterocycles. The highest BCUT2D eigenvalue weighted by molar-refractivity contribution is 7.17. The van der Waals surface area contributed by atoms with Crippen LogP contribution in [0.2, 0.25) is 5.02 Å². The molecule has 38 heavy (non-hydrogen) atoms. The van der Waals surface area contributed by atoms with Gasteiger partial charge in [0.2, 0.25) is 0 Å². The number of halogens is 1. The highest BCUT2D eigenvalue weighted by Gasteiger charge is 2.48. The summed E-state index contributed by atoms with van der Waals surface area (Å²) in [6.45, 7) is 7.90. The monoisotopic (exact) mass is 554 g/mol. The fourth-order valence-electron chi connectivity index (χ4n) is 4.19. The van der Waals surface area contributed by atoms with E-state index in [4.69, 9.17) is 21.1 Å². The largest absolute Gasteiger partial charge is 0.507 e. The Bertz CT molecular complexity index is 1430. The van der Waals surface area contributed by atoms with Gasteiger partial charge in [-0.1, -0.05) is 42.0 Å². The molecule has 0 spiro atoms. The Balaban J connectivity index is 1.86. The molecule has 3 aromatic rings. The zero-order valence-electron chi connectivity index (χ0n) is 21.4. The van der Waals surface area contributed by atoms with Crippen LogP contribution in [0.3, 0.4) is 0 Å². The van der Waals surface area contributed by atoms with E-state index < -0.39 is 23.7 Å². The van der Waals surface area contributed by atoms with E-state index in [1.807, 2.05) is 13.8 Å². The summed E-state index contributed by atoms with van der Waals surface area (Å²) in [5.74, 6) is -1.95. The number of aryl methyl sites for hydroxylation is 2. The van der Waals surface area contributed by atoms with Crippen LogP contribution in [0.25, 0.3) is 5.76 Å². The van der Waals surface area contributed by atoms with Crippen molar-refractivity contribution in [2.45, 2.75) is 40.2 Å². The lowest BCUT2D eigenvalue weighted by Crippen LogP contribution is -2.29.